The number of rotatable bonds is 4. The fourth-order valence-electron chi connectivity index (χ4n) is 3.73. The average Bonchev–Trinajstić information content (AvgIpc) is 2.79. The number of aromatic nitrogens is 1. The minimum absolute atomic E-state index is 0.0980. The van der Waals surface area contributed by atoms with Crippen LogP contribution in [-0.2, 0) is 0 Å². The predicted molar refractivity (Wildman–Crippen MR) is 117 cm³/mol. The highest BCUT2D eigenvalue weighted by molar-refractivity contribution is 5.94. The van der Waals surface area contributed by atoms with Crippen molar-refractivity contribution in [3.05, 3.63) is 90.3 Å². The summed E-state index contributed by atoms with van der Waals surface area (Å²) in [6.45, 7) is 8.12. The number of carbonyl (C=O) groups excluding carboxylic acids is 1. The molecule has 3 heterocycles. The lowest BCUT2D eigenvalue weighted by atomic mass is 10.1. The van der Waals surface area contributed by atoms with Gasteiger partial charge in [-0.05, 0) is 30.3 Å². The number of benzene rings is 1. The number of hydrogen-bond donors (Lipinski definition) is 0. The maximum absolute atomic E-state index is 12.6. The standard InChI is InChI=1S/C24H26N4O/c1-19(21-11-12-22(25-18-21)23-10-6-7-13-26(23)2)27-14-16-28(17-15-27)24(29)20-8-4-3-5-9-20/h3-12,18H,1,13-17H2,2H3. The summed E-state index contributed by atoms with van der Waals surface area (Å²) in [5.74, 6) is 0.0980. The molecule has 0 radical (unpaired) electrons. The molecule has 0 bridgehead atoms. The van der Waals surface area contributed by atoms with Gasteiger partial charge in [0.25, 0.3) is 5.91 Å². The van der Waals surface area contributed by atoms with E-state index in [-0.39, 0.29) is 5.91 Å². The fourth-order valence-corrected chi connectivity index (χ4v) is 3.73. The molecule has 0 N–H and O–H groups in total. The Bertz CT molecular complexity index is 939. The summed E-state index contributed by atoms with van der Waals surface area (Å²) in [7, 11) is 2.07. The summed E-state index contributed by atoms with van der Waals surface area (Å²) < 4.78 is 0. The van der Waals surface area contributed by atoms with E-state index in [1.807, 2.05) is 41.4 Å². The number of hydrogen-bond acceptors (Lipinski definition) is 4. The van der Waals surface area contributed by atoms with Crippen molar-refractivity contribution in [3.63, 3.8) is 0 Å². The SMILES string of the molecule is C=C(c1ccc(C2=CC=CCN2C)nc1)N1CCN(C(=O)c2ccccc2)CC1. The summed E-state index contributed by atoms with van der Waals surface area (Å²) in [6, 6.07) is 13.6. The van der Waals surface area contributed by atoms with Crippen LogP contribution in [0.15, 0.2) is 73.5 Å². The maximum atomic E-state index is 12.6. The van der Waals surface area contributed by atoms with E-state index in [4.69, 9.17) is 0 Å². The van der Waals surface area contributed by atoms with E-state index in [0.717, 1.165) is 47.8 Å². The molecule has 2 aromatic rings. The maximum Gasteiger partial charge on any atom is 0.253 e. The van der Waals surface area contributed by atoms with E-state index in [2.05, 4.69) is 58.8 Å². The second-order valence-corrected chi connectivity index (χ2v) is 7.38. The number of piperazine rings is 1. The van der Waals surface area contributed by atoms with Gasteiger partial charge in [-0.2, -0.15) is 0 Å². The normalized spacial score (nSPS) is 16.6. The summed E-state index contributed by atoms with van der Waals surface area (Å²) in [4.78, 5) is 23.6. The lowest BCUT2D eigenvalue weighted by Crippen LogP contribution is -2.47. The van der Waals surface area contributed by atoms with Crippen molar-refractivity contribution in [3.8, 4) is 0 Å². The highest BCUT2D eigenvalue weighted by atomic mass is 16.2. The van der Waals surface area contributed by atoms with Crippen LogP contribution in [0.25, 0.3) is 11.4 Å². The Balaban J connectivity index is 1.38. The molecule has 29 heavy (non-hydrogen) atoms. The monoisotopic (exact) mass is 386 g/mol. The molecule has 1 aromatic carbocycles. The van der Waals surface area contributed by atoms with Crippen molar-refractivity contribution in [2.75, 3.05) is 39.8 Å². The minimum atomic E-state index is 0.0980. The number of likely N-dealkylation sites (N-methyl/N-ethyl adjacent to an activating group) is 1. The van der Waals surface area contributed by atoms with Gasteiger partial charge in [0.1, 0.15) is 0 Å². The highest BCUT2D eigenvalue weighted by Crippen LogP contribution is 2.23. The van der Waals surface area contributed by atoms with Gasteiger partial charge in [-0.15, -0.1) is 0 Å². The van der Waals surface area contributed by atoms with Crippen LogP contribution in [0.4, 0.5) is 0 Å². The molecule has 2 aliphatic heterocycles. The lowest BCUT2D eigenvalue weighted by molar-refractivity contribution is 0.0686. The number of carbonyl (C=O) groups is 1. The number of nitrogens with zero attached hydrogens (tertiary/aromatic N) is 4. The van der Waals surface area contributed by atoms with Crippen molar-refractivity contribution in [2.24, 2.45) is 0 Å². The molecule has 2 aliphatic rings. The lowest BCUT2D eigenvalue weighted by Gasteiger charge is -2.37. The third-order valence-electron chi connectivity index (χ3n) is 5.51. The second-order valence-electron chi connectivity index (χ2n) is 7.38. The van der Waals surface area contributed by atoms with Crippen LogP contribution in [-0.4, -0.2) is 65.4 Å². The highest BCUT2D eigenvalue weighted by Gasteiger charge is 2.23. The molecule has 0 atom stereocenters. The van der Waals surface area contributed by atoms with Crippen LogP contribution in [0.3, 0.4) is 0 Å². The molecule has 0 aliphatic carbocycles. The smallest absolute Gasteiger partial charge is 0.253 e. The molecule has 0 spiro atoms. The van der Waals surface area contributed by atoms with Crippen molar-refractivity contribution in [1.29, 1.82) is 0 Å². The molecule has 5 nitrogen and oxygen atoms in total. The predicted octanol–water partition coefficient (Wildman–Crippen LogP) is 3.35. The number of amides is 1. The molecule has 0 saturated carbocycles. The molecular formula is C24H26N4O. The first-order valence-corrected chi connectivity index (χ1v) is 9.96. The zero-order valence-corrected chi connectivity index (χ0v) is 16.8. The molecule has 1 fully saturated rings. The van der Waals surface area contributed by atoms with E-state index < -0.39 is 0 Å². The largest absolute Gasteiger partial charge is 0.369 e. The van der Waals surface area contributed by atoms with E-state index in [9.17, 15) is 4.79 Å². The fraction of sp³-hybridized carbons (Fsp3) is 0.250. The van der Waals surface area contributed by atoms with Gasteiger partial charge < -0.3 is 14.7 Å². The summed E-state index contributed by atoms with van der Waals surface area (Å²) >= 11 is 0. The summed E-state index contributed by atoms with van der Waals surface area (Å²) in [5.41, 5.74) is 4.81. The van der Waals surface area contributed by atoms with Gasteiger partial charge in [0, 0.05) is 62.8 Å². The Labute approximate surface area is 172 Å². The number of pyridine rings is 1. The Morgan fingerprint density at radius 3 is 2.34 bits per heavy atom. The second kappa shape index (κ2) is 8.35. The van der Waals surface area contributed by atoms with Gasteiger partial charge in [-0.3, -0.25) is 9.78 Å². The van der Waals surface area contributed by atoms with E-state index in [1.165, 1.54) is 0 Å². The van der Waals surface area contributed by atoms with E-state index >= 15 is 0 Å². The zero-order valence-electron chi connectivity index (χ0n) is 16.8. The van der Waals surface area contributed by atoms with Gasteiger partial charge in [0.05, 0.1) is 11.4 Å². The van der Waals surface area contributed by atoms with E-state index in [0.29, 0.717) is 13.1 Å². The minimum Gasteiger partial charge on any atom is -0.369 e. The van der Waals surface area contributed by atoms with Crippen molar-refractivity contribution >= 4 is 17.3 Å². The third-order valence-corrected chi connectivity index (χ3v) is 5.51. The Kier molecular flexibility index (Phi) is 5.47. The van der Waals surface area contributed by atoms with Crippen molar-refractivity contribution in [1.82, 2.24) is 19.7 Å². The van der Waals surface area contributed by atoms with Gasteiger partial charge in [-0.1, -0.05) is 36.9 Å². The van der Waals surface area contributed by atoms with Gasteiger partial charge in [-0.25, -0.2) is 0 Å². The molecule has 1 aromatic heterocycles. The molecular weight excluding hydrogens is 360 g/mol. The summed E-state index contributed by atoms with van der Waals surface area (Å²) in [5, 5.41) is 0. The zero-order chi connectivity index (χ0) is 20.2. The first-order chi connectivity index (χ1) is 14.1. The van der Waals surface area contributed by atoms with Crippen molar-refractivity contribution < 1.29 is 4.79 Å². The van der Waals surface area contributed by atoms with Crippen LogP contribution in [0.1, 0.15) is 21.6 Å². The first kappa shape index (κ1) is 19.0. The quantitative estimate of drug-likeness (QED) is 0.808. The topological polar surface area (TPSA) is 39.7 Å². The van der Waals surface area contributed by atoms with Gasteiger partial charge in [0.2, 0.25) is 0 Å². The van der Waals surface area contributed by atoms with Crippen LogP contribution in [0.5, 0.6) is 0 Å². The van der Waals surface area contributed by atoms with Crippen molar-refractivity contribution in [2.45, 2.75) is 0 Å². The number of allylic oxidation sites excluding steroid dienone is 2. The molecule has 5 heteroatoms. The van der Waals surface area contributed by atoms with Crippen LogP contribution >= 0.6 is 0 Å². The van der Waals surface area contributed by atoms with E-state index in [1.54, 1.807) is 0 Å². The van der Waals surface area contributed by atoms with Crippen LogP contribution in [0.2, 0.25) is 0 Å². The third kappa shape index (κ3) is 4.09. The summed E-state index contributed by atoms with van der Waals surface area (Å²) in [6.07, 6.45) is 8.18. The van der Waals surface area contributed by atoms with Gasteiger partial charge >= 0.3 is 0 Å². The van der Waals surface area contributed by atoms with Gasteiger partial charge in [0.15, 0.2) is 0 Å². The molecule has 4 rings (SSSR count). The molecule has 0 unspecified atom stereocenters. The van der Waals surface area contributed by atoms with Crippen LogP contribution < -0.4 is 0 Å². The Morgan fingerprint density at radius 1 is 0.966 bits per heavy atom. The first-order valence-electron chi connectivity index (χ1n) is 9.96. The molecule has 148 valence electrons. The molecule has 1 amide bonds. The van der Waals surface area contributed by atoms with Crippen LogP contribution in [0, 0.1) is 0 Å². The Hall–Kier alpha value is -3.34. The Morgan fingerprint density at radius 2 is 1.69 bits per heavy atom. The average molecular weight is 386 g/mol. The molecule has 1 saturated heterocycles.